The summed E-state index contributed by atoms with van der Waals surface area (Å²) in [5.41, 5.74) is 1.43. The number of rotatable bonds is 7. The Hall–Kier alpha value is -2.71. The summed E-state index contributed by atoms with van der Waals surface area (Å²) in [6.07, 6.45) is 5.29. The van der Waals surface area contributed by atoms with Crippen LogP contribution in [0.25, 0.3) is 10.2 Å². The molecule has 0 aliphatic carbocycles. The van der Waals surface area contributed by atoms with Crippen molar-refractivity contribution in [1.29, 1.82) is 0 Å². The molecule has 1 amide bonds. The van der Waals surface area contributed by atoms with Gasteiger partial charge in [0.25, 0.3) is 10.0 Å². The number of anilines is 1. The summed E-state index contributed by atoms with van der Waals surface area (Å²) in [5.74, 6) is -0.510. The van der Waals surface area contributed by atoms with E-state index in [9.17, 15) is 21.6 Å². The zero-order valence-corrected chi connectivity index (χ0v) is 23.1. The van der Waals surface area contributed by atoms with Crippen molar-refractivity contribution in [2.75, 3.05) is 24.2 Å². The van der Waals surface area contributed by atoms with Gasteiger partial charge in [-0.1, -0.05) is 23.5 Å². The van der Waals surface area contributed by atoms with Gasteiger partial charge in [0.2, 0.25) is 5.91 Å². The van der Waals surface area contributed by atoms with Gasteiger partial charge in [0.1, 0.15) is 4.21 Å². The van der Waals surface area contributed by atoms with E-state index >= 15 is 0 Å². The minimum absolute atomic E-state index is 0.139. The van der Waals surface area contributed by atoms with Crippen LogP contribution in [-0.2, 0) is 31.2 Å². The molecule has 0 unspecified atom stereocenters. The van der Waals surface area contributed by atoms with Gasteiger partial charge in [-0.05, 0) is 54.1 Å². The van der Waals surface area contributed by atoms with E-state index in [1.165, 1.54) is 33.0 Å². The average molecular weight is 577 g/mol. The summed E-state index contributed by atoms with van der Waals surface area (Å²) in [6.45, 7) is 0.767. The molecule has 194 valence electrons. The van der Waals surface area contributed by atoms with Crippen LogP contribution in [-0.4, -0.2) is 56.4 Å². The smallest absolute Gasteiger partial charge is 0.252 e. The van der Waals surface area contributed by atoms with E-state index in [0.29, 0.717) is 32.4 Å². The molecule has 4 aromatic rings. The van der Waals surface area contributed by atoms with Gasteiger partial charge in [0.05, 0.1) is 21.7 Å². The molecular formula is C24H24N4O5S4. The molecule has 0 saturated carbocycles. The predicted molar refractivity (Wildman–Crippen MR) is 144 cm³/mol. The number of carbonyl (C=O) groups excluding carboxylic acids is 1. The summed E-state index contributed by atoms with van der Waals surface area (Å²) >= 11 is 2.44. The number of amides is 1. The van der Waals surface area contributed by atoms with Gasteiger partial charge >= 0.3 is 0 Å². The fourth-order valence-corrected chi connectivity index (χ4v) is 8.60. The van der Waals surface area contributed by atoms with Crippen LogP contribution >= 0.6 is 22.7 Å². The molecule has 1 fully saturated rings. The van der Waals surface area contributed by atoms with E-state index in [1.807, 2.05) is 6.07 Å². The lowest BCUT2D eigenvalue weighted by atomic mass is 9.96. The number of carbonyl (C=O) groups is 1. The van der Waals surface area contributed by atoms with E-state index in [4.69, 9.17) is 0 Å². The van der Waals surface area contributed by atoms with Gasteiger partial charge in [0.15, 0.2) is 15.0 Å². The van der Waals surface area contributed by atoms with Crippen molar-refractivity contribution in [3.63, 3.8) is 0 Å². The number of piperidine rings is 1. The third-order valence-electron chi connectivity index (χ3n) is 6.23. The van der Waals surface area contributed by atoms with Crippen LogP contribution in [0.2, 0.25) is 0 Å². The Bertz CT molecular complexity index is 1630. The SMILES string of the molecule is CS(=O)(=O)c1ccc2nc(N(Cc3cccnc3)C(=O)C3CCN(S(=O)(=O)c4cccs4)CC3)sc2c1. The van der Waals surface area contributed by atoms with Crippen molar-refractivity contribution < 1.29 is 21.6 Å². The molecule has 0 radical (unpaired) electrons. The van der Waals surface area contributed by atoms with Crippen LogP contribution in [0, 0.1) is 5.92 Å². The Morgan fingerprint density at radius 2 is 1.89 bits per heavy atom. The minimum Gasteiger partial charge on any atom is -0.283 e. The zero-order valence-electron chi connectivity index (χ0n) is 19.8. The van der Waals surface area contributed by atoms with Gasteiger partial charge in [0, 0.05) is 37.7 Å². The second-order valence-corrected chi connectivity index (χ2v) is 14.9. The lowest BCUT2D eigenvalue weighted by Crippen LogP contribution is -2.44. The maximum Gasteiger partial charge on any atom is 0.252 e. The highest BCUT2D eigenvalue weighted by Gasteiger charge is 2.35. The standard InChI is InChI=1S/C24H24N4O5S4/c1-36(30,31)19-6-7-20-21(14-19)35-24(26-20)28(16-17-4-2-10-25-15-17)23(29)18-8-11-27(12-9-18)37(32,33)22-5-3-13-34-22/h2-7,10,13-15,18H,8-9,11-12,16H2,1H3. The molecule has 9 nitrogen and oxygen atoms in total. The van der Waals surface area contributed by atoms with Crippen LogP contribution in [0.1, 0.15) is 18.4 Å². The van der Waals surface area contributed by atoms with Crippen molar-refractivity contribution in [2.45, 2.75) is 28.5 Å². The molecule has 0 bridgehead atoms. The Labute approximate surface area is 223 Å². The monoisotopic (exact) mass is 576 g/mol. The molecule has 1 aliphatic rings. The number of aromatic nitrogens is 2. The summed E-state index contributed by atoms with van der Waals surface area (Å²) in [4.78, 5) is 24.4. The minimum atomic E-state index is -3.56. The summed E-state index contributed by atoms with van der Waals surface area (Å²) in [7, 11) is -6.95. The van der Waals surface area contributed by atoms with Gasteiger partial charge in [-0.25, -0.2) is 21.8 Å². The molecule has 37 heavy (non-hydrogen) atoms. The molecular weight excluding hydrogens is 553 g/mol. The largest absolute Gasteiger partial charge is 0.283 e. The number of fused-ring (bicyclic) bond motifs is 1. The number of thiophene rings is 1. The van der Waals surface area contributed by atoms with E-state index in [1.54, 1.807) is 53.0 Å². The maximum absolute atomic E-state index is 13.8. The first-order valence-corrected chi connectivity index (χ1v) is 16.5. The Morgan fingerprint density at radius 3 is 2.54 bits per heavy atom. The van der Waals surface area contributed by atoms with Crippen molar-refractivity contribution in [2.24, 2.45) is 5.92 Å². The lowest BCUT2D eigenvalue weighted by molar-refractivity contribution is -0.123. The first kappa shape index (κ1) is 25.9. The second kappa shape index (κ2) is 10.2. The summed E-state index contributed by atoms with van der Waals surface area (Å²) < 4.78 is 52.2. The highest BCUT2D eigenvalue weighted by Crippen LogP contribution is 2.34. The Kier molecular flexibility index (Phi) is 7.16. The molecule has 0 N–H and O–H groups in total. The molecule has 1 saturated heterocycles. The van der Waals surface area contributed by atoms with Crippen molar-refractivity contribution in [1.82, 2.24) is 14.3 Å². The van der Waals surface area contributed by atoms with Crippen LogP contribution in [0.5, 0.6) is 0 Å². The Morgan fingerprint density at radius 1 is 1.11 bits per heavy atom. The topological polar surface area (TPSA) is 118 Å². The number of benzene rings is 1. The molecule has 1 aliphatic heterocycles. The zero-order chi connectivity index (χ0) is 26.2. The second-order valence-electron chi connectivity index (χ2n) is 8.79. The van der Waals surface area contributed by atoms with Crippen molar-refractivity contribution in [3.05, 3.63) is 65.8 Å². The number of pyridine rings is 1. The normalized spacial score (nSPS) is 15.7. The number of sulfone groups is 1. The van der Waals surface area contributed by atoms with E-state index in [0.717, 1.165) is 11.8 Å². The fourth-order valence-electron chi connectivity index (χ4n) is 4.25. The number of hydrogen-bond donors (Lipinski definition) is 0. The first-order valence-electron chi connectivity index (χ1n) is 11.5. The maximum atomic E-state index is 13.8. The lowest BCUT2D eigenvalue weighted by Gasteiger charge is -2.32. The summed E-state index contributed by atoms with van der Waals surface area (Å²) in [5, 5.41) is 2.19. The number of hydrogen-bond acceptors (Lipinski definition) is 9. The Balaban J connectivity index is 1.41. The average Bonchev–Trinajstić information content (AvgIpc) is 3.57. The van der Waals surface area contributed by atoms with Crippen LogP contribution < -0.4 is 4.90 Å². The fraction of sp³-hybridized carbons (Fsp3) is 0.292. The molecule has 4 heterocycles. The quantitative estimate of drug-likeness (QED) is 0.329. The third kappa shape index (κ3) is 5.46. The van der Waals surface area contributed by atoms with Crippen molar-refractivity contribution in [3.8, 4) is 0 Å². The highest BCUT2D eigenvalue weighted by atomic mass is 32.2. The van der Waals surface area contributed by atoms with Gasteiger partial charge < -0.3 is 0 Å². The van der Waals surface area contributed by atoms with Crippen LogP contribution in [0.3, 0.4) is 0 Å². The molecule has 1 aromatic carbocycles. The van der Waals surface area contributed by atoms with Gasteiger partial charge in [-0.2, -0.15) is 4.31 Å². The van der Waals surface area contributed by atoms with Gasteiger partial charge in [-0.3, -0.25) is 14.7 Å². The molecule has 0 atom stereocenters. The van der Waals surface area contributed by atoms with E-state index in [2.05, 4.69) is 9.97 Å². The first-order chi connectivity index (χ1) is 17.6. The van der Waals surface area contributed by atoms with Gasteiger partial charge in [-0.15, -0.1) is 11.3 Å². The van der Waals surface area contributed by atoms with E-state index in [-0.39, 0.29) is 36.4 Å². The predicted octanol–water partition coefficient (Wildman–Crippen LogP) is 3.79. The number of sulfonamides is 1. The third-order valence-corrected chi connectivity index (χ3v) is 11.7. The summed E-state index contributed by atoms with van der Waals surface area (Å²) in [6, 6.07) is 11.7. The van der Waals surface area contributed by atoms with E-state index < -0.39 is 19.9 Å². The molecule has 0 spiro atoms. The highest BCUT2D eigenvalue weighted by molar-refractivity contribution is 7.91. The number of nitrogens with zero attached hydrogens (tertiary/aromatic N) is 4. The van der Waals surface area contributed by atoms with Crippen molar-refractivity contribution >= 4 is 63.8 Å². The van der Waals surface area contributed by atoms with Crippen LogP contribution in [0.4, 0.5) is 5.13 Å². The molecule has 5 rings (SSSR count). The molecule has 13 heteroatoms. The number of thiazole rings is 1. The van der Waals surface area contributed by atoms with Crippen LogP contribution in [0.15, 0.2) is 69.3 Å². The molecule has 3 aromatic heterocycles.